The largest absolute Gasteiger partial charge is 0.329 e. The Morgan fingerprint density at radius 2 is 1.88 bits per heavy atom. The first kappa shape index (κ1) is 11.2. The van der Waals surface area contributed by atoms with Crippen LogP contribution in [0.2, 0.25) is 0 Å². The second-order valence-electron chi connectivity index (χ2n) is 5.40. The Morgan fingerprint density at radius 1 is 1.18 bits per heavy atom. The van der Waals surface area contributed by atoms with Gasteiger partial charge in [-0.1, -0.05) is 24.3 Å². The van der Waals surface area contributed by atoms with Crippen molar-refractivity contribution in [1.82, 2.24) is 4.90 Å². The van der Waals surface area contributed by atoms with Crippen molar-refractivity contribution in [1.29, 1.82) is 0 Å². The van der Waals surface area contributed by atoms with Crippen LogP contribution in [0.3, 0.4) is 0 Å². The van der Waals surface area contributed by atoms with E-state index in [1.807, 2.05) is 0 Å². The number of nitrogens with two attached hydrogens (primary N) is 1. The maximum absolute atomic E-state index is 6.03. The van der Waals surface area contributed by atoms with Crippen molar-refractivity contribution in [2.45, 2.75) is 37.6 Å². The van der Waals surface area contributed by atoms with Crippen LogP contribution >= 0.6 is 0 Å². The van der Waals surface area contributed by atoms with E-state index in [0.29, 0.717) is 6.04 Å². The van der Waals surface area contributed by atoms with E-state index in [1.165, 1.54) is 44.3 Å². The molecule has 2 heteroatoms. The Kier molecular flexibility index (Phi) is 3.17. The van der Waals surface area contributed by atoms with Crippen molar-refractivity contribution in [3.63, 3.8) is 0 Å². The lowest BCUT2D eigenvalue weighted by atomic mass is 9.96. The van der Waals surface area contributed by atoms with Crippen LogP contribution in [0, 0.1) is 0 Å². The van der Waals surface area contributed by atoms with Gasteiger partial charge in [-0.05, 0) is 55.8 Å². The second kappa shape index (κ2) is 4.79. The summed E-state index contributed by atoms with van der Waals surface area (Å²) in [5.41, 5.74) is 9.10. The van der Waals surface area contributed by atoms with E-state index in [2.05, 4.69) is 29.2 Å². The first-order valence-corrected chi connectivity index (χ1v) is 6.93. The molecule has 17 heavy (non-hydrogen) atoms. The molecule has 1 aromatic rings. The van der Waals surface area contributed by atoms with E-state index >= 15 is 0 Å². The van der Waals surface area contributed by atoms with Gasteiger partial charge in [0.05, 0.1) is 0 Å². The smallest absolute Gasteiger partial charge is 0.0473 e. The molecular weight excluding hydrogens is 208 g/mol. The standard InChI is InChI=1S/C15H22N2/c16-11-15(17-9-3-4-10-17)14-6-2-1-5-13(14)12-7-8-12/h1-2,5-6,12,15H,3-4,7-11,16H2. The summed E-state index contributed by atoms with van der Waals surface area (Å²) in [5.74, 6) is 0.822. The lowest BCUT2D eigenvalue weighted by Gasteiger charge is -2.28. The normalized spacial score (nSPS) is 22.9. The van der Waals surface area contributed by atoms with Crippen LogP contribution in [0.5, 0.6) is 0 Å². The van der Waals surface area contributed by atoms with E-state index in [1.54, 1.807) is 5.56 Å². The maximum Gasteiger partial charge on any atom is 0.0473 e. The van der Waals surface area contributed by atoms with E-state index in [4.69, 9.17) is 5.73 Å². The molecule has 0 spiro atoms. The van der Waals surface area contributed by atoms with Gasteiger partial charge < -0.3 is 5.73 Å². The van der Waals surface area contributed by atoms with Gasteiger partial charge in [-0.25, -0.2) is 0 Å². The molecule has 1 saturated heterocycles. The SMILES string of the molecule is NCC(c1ccccc1C1CC1)N1CCCC1. The molecule has 1 saturated carbocycles. The third-order valence-corrected chi connectivity index (χ3v) is 4.18. The Labute approximate surface area is 104 Å². The molecule has 1 heterocycles. The fourth-order valence-electron chi connectivity index (χ4n) is 3.11. The van der Waals surface area contributed by atoms with E-state index < -0.39 is 0 Å². The number of benzene rings is 1. The molecule has 2 N–H and O–H groups in total. The minimum Gasteiger partial charge on any atom is -0.329 e. The van der Waals surface area contributed by atoms with Crippen LogP contribution in [-0.4, -0.2) is 24.5 Å². The fraction of sp³-hybridized carbons (Fsp3) is 0.600. The van der Waals surface area contributed by atoms with Gasteiger partial charge in [0.15, 0.2) is 0 Å². The van der Waals surface area contributed by atoms with Crippen molar-refractivity contribution >= 4 is 0 Å². The second-order valence-corrected chi connectivity index (χ2v) is 5.40. The highest BCUT2D eigenvalue weighted by Gasteiger charge is 2.30. The monoisotopic (exact) mass is 230 g/mol. The highest BCUT2D eigenvalue weighted by Crippen LogP contribution is 2.43. The van der Waals surface area contributed by atoms with Crippen molar-refractivity contribution in [3.8, 4) is 0 Å². The number of rotatable bonds is 4. The van der Waals surface area contributed by atoms with E-state index in [0.717, 1.165) is 12.5 Å². The van der Waals surface area contributed by atoms with Crippen LogP contribution in [0.4, 0.5) is 0 Å². The van der Waals surface area contributed by atoms with Gasteiger partial charge in [0.2, 0.25) is 0 Å². The predicted octanol–water partition coefficient (Wildman–Crippen LogP) is 2.66. The molecule has 3 rings (SSSR count). The van der Waals surface area contributed by atoms with Crippen LogP contribution < -0.4 is 5.73 Å². The molecule has 0 amide bonds. The molecule has 0 aromatic heterocycles. The van der Waals surface area contributed by atoms with Gasteiger partial charge in [0, 0.05) is 12.6 Å². The zero-order valence-electron chi connectivity index (χ0n) is 10.4. The molecule has 1 aromatic carbocycles. The summed E-state index contributed by atoms with van der Waals surface area (Å²) in [4.78, 5) is 2.57. The van der Waals surface area contributed by atoms with Gasteiger partial charge in [-0.3, -0.25) is 4.90 Å². The lowest BCUT2D eigenvalue weighted by molar-refractivity contribution is 0.250. The van der Waals surface area contributed by atoms with Gasteiger partial charge in [-0.2, -0.15) is 0 Å². The van der Waals surface area contributed by atoms with Crippen LogP contribution in [-0.2, 0) is 0 Å². The molecule has 0 bridgehead atoms. The highest BCUT2D eigenvalue weighted by molar-refractivity contribution is 5.36. The number of hydrogen-bond acceptors (Lipinski definition) is 2. The summed E-state index contributed by atoms with van der Waals surface area (Å²) in [5, 5.41) is 0. The number of hydrogen-bond donors (Lipinski definition) is 1. The zero-order chi connectivity index (χ0) is 11.7. The molecule has 2 fully saturated rings. The van der Waals surface area contributed by atoms with Crippen molar-refractivity contribution in [3.05, 3.63) is 35.4 Å². The molecule has 2 nitrogen and oxygen atoms in total. The minimum absolute atomic E-state index is 0.453. The van der Waals surface area contributed by atoms with E-state index in [9.17, 15) is 0 Å². The molecule has 1 aliphatic carbocycles. The van der Waals surface area contributed by atoms with E-state index in [-0.39, 0.29) is 0 Å². The Balaban J connectivity index is 1.89. The summed E-state index contributed by atoms with van der Waals surface area (Å²) in [6, 6.07) is 9.40. The fourth-order valence-corrected chi connectivity index (χ4v) is 3.11. The Morgan fingerprint density at radius 3 is 2.53 bits per heavy atom. The third-order valence-electron chi connectivity index (χ3n) is 4.18. The Bertz CT molecular complexity index is 378. The molecular formula is C15H22N2. The first-order chi connectivity index (χ1) is 8.40. The molecule has 1 atom stereocenters. The van der Waals surface area contributed by atoms with Crippen LogP contribution in [0.25, 0.3) is 0 Å². The molecule has 1 aliphatic heterocycles. The van der Waals surface area contributed by atoms with Gasteiger partial charge in [-0.15, -0.1) is 0 Å². The lowest BCUT2D eigenvalue weighted by Crippen LogP contribution is -2.32. The average molecular weight is 230 g/mol. The first-order valence-electron chi connectivity index (χ1n) is 6.93. The number of nitrogens with zero attached hydrogens (tertiary/aromatic N) is 1. The Hall–Kier alpha value is -0.860. The van der Waals surface area contributed by atoms with Crippen molar-refractivity contribution in [2.24, 2.45) is 5.73 Å². The third kappa shape index (κ3) is 2.24. The highest BCUT2D eigenvalue weighted by atomic mass is 15.2. The maximum atomic E-state index is 6.03. The summed E-state index contributed by atoms with van der Waals surface area (Å²) < 4.78 is 0. The quantitative estimate of drug-likeness (QED) is 0.861. The molecule has 92 valence electrons. The molecule has 1 unspecified atom stereocenters. The minimum atomic E-state index is 0.453. The van der Waals surface area contributed by atoms with Crippen molar-refractivity contribution in [2.75, 3.05) is 19.6 Å². The van der Waals surface area contributed by atoms with Gasteiger partial charge in [0.1, 0.15) is 0 Å². The van der Waals surface area contributed by atoms with Crippen molar-refractivity contribution < 1.29 is 0 Å². The summed E-state index contributed by atoms with van der Waals surface area (Å²) in [6.45, 7) is 3.20. The topological polar surface area (TPSA) is 29.3 Å². The molecule has 2 aliphatic rings. The number of likely N-dealkylation sites (tertiary alicyclic amines) is 1. The van der Waals surface area contributed by atoms with Gasteiger partial charge >= 0.3 is 0 Å². The van der Waals surface area contributed by atoms with Crippen LogP contribution in [0.15, 0.2) is 24.3 Å². The van der Waals surface area contributed by atoms with Gasteiger partial charge in [0.25, 0.3) is 0 Å². The summed E-state index contributed by atoms with van der Waals surface area (Å²) >= 11 is 0. The molecule has 0 radical (unpaired) electrons. The van der Waals surface area contributed by atoms with Crippen LogP contribution in [0.1, 0.15) is 48.8 Å². The summed E-state index contributed by atoms with van der Waals surface area (Å²) in [6.07, 6.45) is 5.41. The average Bonchev–Trinajstić information content (AvgIpc) is 3.08. The zero-order valence-corrected chi connectivity index (χ0v) is 10.4. The predicted molar refractivity (Wildman–Crippen MR) is 71.0 cm³/mol. The summed E-state index contributed by atoms with van der Waals surface area (Å²) in [7, 11) is 0.